The lowest BCUT2D eigenvalue weighted by Crippen LogP contribution is -2.18. The van der Waals surface area contributed by atoms with Gasteiger partial charge in [0.15, 0.2) is 6.61 Å². The Morgan fingerprint density at radius 2 is 1.96 bits per heavy atom. The molecule has 0 bridgehead atoms. The van der Waals surface area contributed by atoms with E-state index in [4.69, 9.17) is 9.47 Å². The zero-order valence-electron chi connectivity index (χ0n) is 16.6. The van der Waals surface area contributed by atoms with Gasteiger partial charge in [-0.1, -0.05) is 12.1 Å². The molecule has 0 aliphatic carbocycles. The number of ether oxygens (including phenoxy) is 2. The van der Waals surface area contributed by atoms with Crippen LogP contribution in [0.4, 0.5) is 0 Å². The number of nitrogens with zero attached hydrogens (tertiary/aromatic N) is 3. The van der Waals surface area contributed by atoms with Crippen LogP contribution in [0.25, 0.3) is 11.0 Å². The normalized spacial score (nSPS) is 16.6. The quantitative estimate of drug-likeness (QED) is 0.610. The second kappa shape index (κ2) is 7.72. The van der Waals surface area contributed by atoms with Crippen LogP contribution in [0.5, 0.6) is 5.88 Å². The molecule has 1 aromatic carbocycles. The zero-order chi connectivity index (χ0) is 19.7. The molecule has 0 saturated carbocycles. The summed E-state index contributed by atoms with van der Waals surface area (Å²) in [6, 6.07) is 9.56. The standard InChI is InChI=1S/C22H25N3O3/c1-14-11-18(16(3)25(14)12-17-7-6-10-27-17)21(26)13-28-22-15(2)23-19-8-4-5-9-20(19)24-22/h4-5,8-9,11,17H,6-7,10,12-13H2,1-3H3/t17-/m0/s1. The van der Waals surface area contributed by atoms with Crippen molar-refractivity contribution in [3.8, 4) is 5.88 Å². The molecular formula is C22H25N3O3. The first-order valence-corrected chi connectivity index (χ1v) is 9.70. The first kappa shape index (κ1) is 18.6. The summed E-state index contributed by atoms with van der Waals surface area (Å²) in [6.45, 7) is 7.41. The van der Waals surface area contributed by atoms with E-state index in [9.17, 15) is 4.79 Å². The molecule has 6 heteroatoms. The van der Waals surface area contributed by atoms with Crippen LogP contribution in [0, 0.1) is 20.8 Å². The Labute approximate surface area is 164 Å². The van der Waals surface area contributed by atoms with Crippen molar-refractivity contribution in [1.82, 2.24) is 14.5 Å². The topological polar surface area (TPSA) is 66.2 Å². The third-order valence-corrected chi connectivity index (χ3v) is 5.33. The van der Waals surface area contributed by atoms with Crippen LogP contribution in [-0.4, -0.2) is 39.6 Å². The van der Waals surface area contributed by atoms with Gasteiger partial charge < -0.3 is 14.0 Å². The fourth-order valence-corrected chi connectivity index (χ4v) is 3.78. The highest BCUT2D eigenvalue weighted by atomic mass is 16.5. The minimum Gasteiger partial charge on any atom is -0.468 e. The van der Waals surface area contributed by atoms with Crippen LogP contribution in [-0.2, 0) is 11.3 Å². The Morgan fingerprint density at radius 3 is 2.68 bits per heavy atom. The molecule has 0 unspecified atom stereocenters. The van der Waals surface area contributed by atoms with Gasteiger partial charge in [0, 0.05) is 30.1 Å². The molecule has 2 aromatic heterocycles. The molecule has 3 aromatic rings. The molecule has 1 fully saturated rings. The number of hydrogen-bond acceptors (Lipinski definition) is 5. The molecule has 1 atom stereocenters. The summed E-state index contributed by atoms with van der Waals surface area (Å²) < 4.78 is 13.7. The summed E-state index contributed by atoms with van der Waals surface area (Å²) >= 11 is 0. The first-order chi connectivity index (χ1) is 13.5. The summed E-state index contributed by atoms with van der Waals surface area (Å²) in [6.07, 6.45) is 2.42. The molecule has 146 valence electrons. The van der Waals surface area contributed by atoms with Gasteiger partial charge >= 0.3 is 0 Å². The van der Waals surface area contributed by atoms with E-state index in [0.717, 1.165) is 48.4 Å². The maximum Gasteiger partial charge on any atom is 0.236 e. The molecular weight excluding hydrogens is 354 g/mol. The smallest absolute Gasteiger partial charge is 0.236 e. The van der Waals surface area contributed by atoms with Gasteiger partial charge in [-0.25, -0.2) is 9.97 Å². The van der Waals surface area contributed by atoms with Gasteiger partial charge in [0.1, 0.15) is 5.69 Å². The van der Waals surface area contributed by atoms with Gasteiger partial charge in [-0.3, -0.25) is 4.79 Å². The van der Waals surface area contributed by atoms with Crippen molar-refractivity contribution in [3.63, 3.8) is 0 Å². The molecule has 4 rings (SSSR count). The molecule has 0 spiro atoms. The van der Waals surface area contributed by atoms with E-state index in [1.807, 2.05) is 51.1 Å². The van der Waals surface area contributed by atoms with Crippen molar-refractivity contribution in [1.29, 1.82) is 0 Å². The minimum absolute atomic E-state index is 0.0546. The van der Waals surface area contributed by atoms with Gasteiger partial charge in [0.05, 0.1) is 17.1 Å². The fraction of sp³-hybridized carbons (Fsp3) is 0.409. The maximum atomic E-state index is 12.8. The lowest BCUT2D eigenvalue weighted by atomic mass is 10.1. The van der Waals surface area contributed by atoms with E-state index in [0.29, 0.717) is 17.1 Å². The van der Waals surface area contributed by atoms with E-state index in [1.165, 1.54) is 0 Å². The van der Waals surface area contributed by atoms with Gasteiger partial charge in [-0.05, 0) is 51.8 Å². The number of carbonyl (C=O) groups is 1. The molecule has 28 heavy (non-hydrogen) atoms. The van der Waals surface area contributed by atoms with Gasteiger partial charge in [0.25, 0.3) is 0 Å². The van der Waals surface area contributed by atoms with Gasteiger partial charge in [0.2, 0.25) is 11.7 Å². The van der Waals surface area contributed by atoms with E-state index in [1.54, 1.807) is 0 Å². The van der Waals surface area contributed by atoms with Crippen molar-refractivity contribution < 1.29 is 14.3 Å². The predicted molar refractivity (Wildman–Crippen MR) is 107 cm³/mol. The number of aryl methyl sites for hydroxylation is 2. The van der Waals surface area contributed by atoms with Crippen LogP contribution in [0.3, 0.4) is 0 Å². The molecule has 1 aliphatic rings. The van der Waals surface area contributed by atoms with Crippen molar-refractivity contribution in [2.45, 2.75) is 46.3 Å². The van der Waals surface area contributed by atoms with Crippen LogP contribution in [0.2, 0.25) is 0 Å². The van der Waals surface area contributed by atoms with E-state index in [-0.39, 0.29) is 18.5 Å². The molecule has 0 N–H and O–H groups in total. The lowest BCUT2D eigenvalue weighted by molar-refractivity contribution is 0.0911. The summed E-state index contributed by atoms with van der Waals surface area (Å²) in [5, 5.41) is 0. The Kier molecular flexibility index (Phi) is 5.13. The van der Waals surface area contributed by atoms with Crippen molar-refractivity contribution in [3.05, 3.63) is 53.0 Å². The number of rotatable bonds is 6. The Balaban J connectivity index is 1.49. The number of hydrogen-bond donors (Lipinski definition) is 0. The molecule has 1 aliphatic heterocycles. The predicted octanol–water partition coefficient (Wildman–Crippen LogP) is 3.80. The number of fused-ring (bicyclic) bond motifs is 1. The number of ketones is 1. The van der Waals surface area contributed by atoms with Crippen molar-refractivity contribution in [2.24, 2.45) is 0 Å². The van der Waals surface area contributed by atoms with E-state index >= 15 is 0 Å². The number of aromatic nitrogens is 3. The highest BCUT2D eigenvalue weighted by Gasteiger charge is 2.21. The molecule has 6 nitrogen and oxygen atoms in total. The minimum atomic E-state index is -0.0575. The largest absolute Gasteiger partial charge is 0.468 e. The molecule has 0 amide bonds. The van der Waals surface area contributed by atoms with Gasteiger partial charge in [-0.2, -0.15) is 0 Å². The number of benzene rings is 1. The SMILES string of the molecule is Cc1nc2ccccc2nc1OCC(=O)c1cc(C)n(C[C@@H]2CCCO2)c1C. The maximum absolute atomic E-state index is 12.8. The number of para-hydroxylation sites is 2. The Morgan fingerprint density at radius 1 is 1.21 bits per heavy atom. The number of carbonyl (C=O) groups excluding carboxylic acids is 1. The van der Waals surface area contributed by atoms with Crippen LogP contribution >= 0.6 is 0 Å². The third-order valence-electron chi connectivity index (χ3n) is 5.33. The summed E-state index contributed by atoms with van der Waals surface area (Å²) in [7, 11) is 0. The van der Waals surface area contributed by atoms with E-state index in [2.05, 4.69) is 14.5 Å². The Hall–Kier alpha value is -2.73. The third kappa shape index (κ3) is 3.64. The van der Waals surface area contributed by atoms with Crippen LogP contribution in [0.15, 0.2) is 30.3 Å². The average molecular weight is 379 g/mol. The van der Waals surface area contributed by atoms with Crippen molar-refractivity contribution >= 4 is 16.8 Å². The fourth-order valence-electron chi connectivity index (χ4n) is 3.78. The average Bonchev–Trinajstić information content (AvgIpc) is 3.30. The Bertz CT molecular complexity index is 1020. The first-order valence-electron chi connectivity index (χ1n) is 9.70. The van der Waals surface area contributed by atoms with E-state index < -0.39 is 0 Å². The molecule has 0 radical (unpaired) electrons. The second-order valence-electron chi connectivity index (χ2n) is 7.35. The highest BCUT2D eigenvalue weighted by molar-refractivity contribution is 5.98. The zero-order valence-corrected chi connectivity index (χ0v) is 16.6. The molecule has 1 saturated heterocycles. The van der Waals surface area contributed by atoms with Crippen molar-refractivity contribution in [2.75, 3.05) is 13.2 Å². The van der Waals surface area contributed by atoms with Gasteiger partial charge in [-0.15, -0.1) is 0 Å². The summed E-state index contributed by atoms with van der Waals surface area (Å²) in [5.74, 6) is 0.348. The lowest BCUT2D eigenvalue weighted by Gasteiger charge is -2.15. The van der Waals surface area contributed by atoms with Crippen LogP contribution < -0.4 is 4.74 Å². The monoisotopic (exact) mass is 379 g/mol. The second-order valence-corrected chi connectivity index (χ2v) is 7.35. The summed E-state index contributed by atoms with van der Waals surface area (Å²) in [5.41, 5.74) is 4.97. The number of Topliss-reactive ketones (excluding diaryl/α,β-unsaturated/α-hetero) is 1. The van der Waals surface area contributed by atoms with Crippen LogP contribution in [0.1, 0.15) is 40.3 Å². The molecule has 3 heterocycles. The summed E-state index contributed by atoms with van der Waals surface area (Å²) in [4.78, 5) is 21.8. The highest BCUT2D eigenvalue weighted by Crippen LogP contribution is 2.22.